The molecule has 21 heavy (non-hydrogen) atoms. The van der Waals surface area contributed by atoms with E-state index in [0.717, 1.165) is 0 Å². The van der Waals surface area contributed by atoms with Crippen molar-refractivity contribution in [1.29, 1.82) is 0 Å². The zero-order chi connectivity index (χ0) is 14.8. The van der Waals surface area contributed by atoms with Gasteiger partial charge >= 0.3 is 0 Å². The zero-order valence-corrected chi connectivity index (χ0v) is 10.5. The number of hydrogen-bond donors (Lipinski definition) is 3. The van der Waals surface area contributed by atoms with Crippen LogP contribution in [0, 0.1) is 0 Å². The van der Waals surface area contributed by atoms with Gasteiger partial charge in [0.1, 0.15) is 12.7 Å². The number of nitrogens with one attached hydrogen (secondary N) is 1. The van der Waals surface area contributed by atoms with E-state index < -0.39 is 5.91 Å². The van der Waals surface area contributed by atoms with Gasteiger partial charge in [-0.3, -0.25) is 10.2 Å². The zero-order valence-electron chi connectivity index (χ0n) is 10.5. The Hall–Kier alpha value is -3.41. The summed E-state index contributed by atoms with van der Waals surface area (Å²) in [6.45, 7) is 0. The van der Waals surface area contributed by atoms with Crippen molar-refractivity contribution in [3.63, 3.8) is 0 Å². The average molecular weight is 287 g/mol. The fourth-order valence-corrected chi connectivity index (χ4v) is 1.49. The number of hydrogen-bond acceptors (Lipinski definition) is 9. The molecule has 0 atom stereocenters. The van der Waals surface area contributed by atoms with Crippen LogP contribution in [0.15, 0.2) is 25.0 Å². The summed E-state index contributed by atoms with van der Waals surface area (Å²) in [5, 5.41) is 7.87. The van der Waals surface area contributed by atoms with Crippen LogP contribution in [0.5, 0.6) is 0 Å². The Bertz CT molecular complexity index is 777. The van der Waals surface area contributed by atoms with Crippen molar-refractivity contribution in [2.45, 2.75) is 0 Å². The maximum Gasteiger partial charge on any atom is 0.258 e. The molecule has 12 nitrogen and oxygen atoms in total. The summed E-state index contributed by atoms with van der Waals surface area (Å²) < 4.78 is 2.59. The van der Waals surface area contributed by atoms with Gasteiger partial charge in [0.2, 0.25) is 5.95 Å². The first-order valence-electron chi connectivity index (χ1n) is 5.60. The number of carbonyl (C=O) groups is 1. The maximum atomic E-state index is 11.1. The molecule has 3 aromatic heterocycles. The Kier molecular flexibility index (Phi) is 2.96. The van der Waals surface area contributed by atoms with Crippen molar-refractivity contribution in [3.8, 4) is 11.9 Å². The largest absolute Gasteiger partial charge is 0.366 e. The standard InChI is InChI=1S/C9H9N11O/c10-6(21)5-1-13-19(2-5)8-15-7(18-11)16-9(17-8)20-4-12-3-14-20/h1-4H,11H2,(H2,10,21)(H,15,16,17,18). The normalized spacial score (nSPS) is 10.5. The quantitative estimate of drug-likeness (QED) is 0.363. The number of nitrogens with two attached hydrogens (primary N) is 2. The van der Waals surface area contributed by atoms with Gasteiger partial charge in [-0.1, -0.05) is 0 Å². The van der Waals surface area contributed by atoms with Crippen LogP contribution in [0.3, 0.4) is 0 Å². The predicted molar refractivity (Wildman–Crippen MR) is 68.2 cm³/mol. The van der Waals surface area contributed by atoms with E-state index in [-0.39, 0.29) is 23.4 Å². The highest BCUT2D eigenvalue weighted by Gasteiger charge is 2.12. The molecule has 0 saturated heterocycles. The second kappa shape index (κ2) is 4.93. The van der Waals surface area contributed by atoms with Gasteiger partial charge < -0.3 is 5.73 Å². The van der Waals surface area contributed by atoms with Crippen LogP contribution in [-0.2, 0) is 0 Å². The molecule has 12 heteroatoms. The SMILES string of the molecule is NNc1nc(-n2cncn2)nc(-n2cc(C(N)=O)cn2)n1. The van der Waals surface area contributed by atoms with Crippen LogP contribution in [-0.4, -0.2) is 45.4 Å². The molecule has 0 aromatic carbocycles. The number of nitrogen functional groups attached to an aromatic ring is 1. The van der Waals surface area contributed by atoms with E-state index in [9.17, 15) is 4.79 Å². The first-order valence-corrected chi connectivity index (χ1v) is 5.60. The summed E-state index contributed by atoms with van der Waals surface area (Å²) >= 11 is 0. The van der Waals surface area contributed by atoms with Crippen LogP contribution in [0.25, 0.3) is 11.9 Å². The number of primary amides is 1. The van der Waals surface area contributed by atoms with E-state index in [0.29, 0.717) is 0 Å². The van der Waals surface area contributed by atoms with Crippen molar-refractivity contribution in [2.24, 2.45) is 11.6 Å². The second-order valence-electron chi connectivity index (χ2n) is 3.78. The fourth-order valence-electron chi connectivity index (χ4n) is 1.49. The summed E-state index contributed by atoms with van der Waals surface area (Å²) in [6, 6.07) is 0. The Morgan fingerprint density at radius 3 is 2.48 bits per heavy atom. The topological polar surface area (TPSA) is 168 Å². The number of anilines is 1. The number of nitrogens with zero attached hydrogens (tertiary/aromatic N) is 8. The second-order valence-corrected chi connectivity index (χ2v) is 3.78. The molecule has 106 valence electrons. The Morgan fingerprint density at radius 1 is 1.14 bits per heavy atom. The molecule has 0 fully saturated rings. The maximum absolute atomic E-state index is 11.1. The number of rotatable bonds is 4. The van der Waals surface area contributed by atoms with Crippen molar-refractivity contribution in [3.05, 3.63) is 30.6 Å². The van der Waals surface area contributed by atoms with Gasteiger partial charge in [-0.25, -0.2) is 15.5 Å². The minimum Gasteiger partial charge on any atom is -0.366 e. The average Bonchev–Trinajstić information content (AvgIpc) is 3.18. The van der Waals surface area contributed by atoms with Crippen molar-refractivity contribution < 1.29 is 4.79 Å². The molecule has 0 unspecified atom stereocenters. The highest BCUT2D eigenvalue weighted by Crippen LogP contribution is 2.08. The molecule has 0 saturated carbocycles. The van der Waals surface area contributed by atoms with Crippen LogP contribution < -0.4 is 17.0 Å². The van der Waals surface area contributed by atoms with Gasteiger partial charge in [0.25, 0.3) is 17.8 Å². The monoisotopic (exact) mass is 287 g/mol. The number of amides is 1. The lowest BCUT2D eigenvalue weighted by atomic mass is 10.4. The van der Waals surface area contributed by atoms with Crippen molar-refractivity contribution in [2.75, 3.05) is 5.43 Å². The lowest BCUT2D eigenvalue weighted by molar-refractivity contribution is 0.100. The van der Waals surface area contributed by atoms with Crippen LogP contribution in [0.2, 0.25) is 0 Å². The van der Waals surface area contributed by atoms with Crippen LogP contribution >= 0.6 is 0 Å². The summed E-state index contributed by atoms with van der Waals surface area (Å²) in [6.07, 6.45) is 5.44. The van der Waals surface area contributed by atoms with E-state index in [1.165, 1.54) is 34.4 Å². The summed E-state index contributed by atoms with van der Waals surface area (Å²) in [4.78, 5) is 27.1. The van der Waals surface area contributed by atoms with Crippen molar-refractivity contribution in [1.82, 2.24) is 39.5 Å². The summed E-state index contributed by atoms with van der Waals surface area (Å²) in [5.41, 5.74) is 7.70. The fraction of sp³-hybridized carbons (Fsp3) is 0. The molecule has 0 aliphatic rings. The lowest BCUT2D eigenvalue weighted by Crippen LogP contribution is -2.16. The molecule has 3 heterocycles. The van der Waals surface area contributed by atoms with Gasteiger partial charge in [-0.2, -0.15) is 29.8 Å². The number of hydrazine groups is 1. The van der Waals surface area contributed by atoms with Gasteiger partial charge in [-0.05, 0) is 0 Å². The first kappa shape index (κ1) is 12.6. The van der Waals surface area contributed by atoms with Gasteiger partial charge in [0.15, 0.2) is 0 Å². The van der Waals surface area contributed by atoms with Crippen molar-refractivity contribution >= 4 is 11.9 Å². The van der Waals surface area contributed by atoms with Crippen LogP contribution in [0.1, 0.15) is 10.4 Å². The van der Waals surface area contributed by atoms with Crippen LogP contribution in [0.4, 0.5) is 5.95 Å². The molecule has 0 aliphatic carbocycles. The van der Waals surface area contributed by atoms with E-state index in [1.54, 1.807) is 0 Å². The Labute approximate surface area is 116 Å². The van der Waals surface area contributed by atoms with E-state index in [1.807, 2.05) is 0 Å². The molecular weight excluding hydrogens is 278 g/mol. The van der Waals surface area contributed by atoms with Gasteiger partial charge in [-0.15, -0.1) is 0 Å². The smallest absolute Gasteiger partial charge is 0.258 e. The molecule has 3 rings (SSSR count). The minimum atomic E-state index is -0.607. The molecule has 1 amide bonds. The predicted octanol–water partition coefficient (Wildman–Crippen LogP) is -1.98. The highest BCUT2D eigenvalue weighted by molar-refractivity contribution is 5.92. The van der Waals surface area contributed by atoms with E-state index in [2.05, 4.69) is 35.6 Å². The Morgan fingerprint density at radius 2 is 1.90 bits per heavy atom. The summed E-state index contributed by atoms with van der Waals surface area (Å²) in [5.74, 6) is 5.13. The van der Waals surface area contributed by atoms with E-state index >= 15 is 0 Å². The summed E-state index contributed by atoms with van der Waals surface area (Å²) in [7, 11) is 0. The number of aromatic nitrogens is 8. The molecule has 0 aliphatic heterocycles. The third-order valence-corrected chi connectivity index (χ3v) is 2.44. The number of carbonyl (C=O) groups excluding carboxylic acids is 1. The minimum absolute atomic E-state index is 0.0987. The lowest BCUT2D eigenvalue weighted by Gasteiger charge is -2.05. The molecule has 0 radical (unpaired) electrons. The third kappa shape index (κ3) is 2.37. The van der Waals surface area contributed by atoms with E-state index in [4.69, 9.17) is 11.6 Å². The Balaban J connectivity index is 2.09. The van der Waals surface area contributed by atoms with Gasteiger partial charge in [0.05, 0.1) is 11.8 Å². The van der Waals surface area contributed by atoms with Gasteiger partial charge in [0, 0.05) is 6.20 Å². The first-order chi connectivity index (χ1) is 10.2. The highest BCUT2D eigenvalue weighted by atomic mass is 16.1. The molecule has 3 aromatic rings. The molecule has 0 bridgehead atoms. The molecule has 5 N–H and O–H groups in total. The third-order valence-electron chi connectivity index (χ3n) is 2.44. The molecule has 0 spiro atoms. The molecular formula is C9H9N11O.